The molecule has 0 unspecified atom stereocenters. The Morgan fingerprint density at radius 2 is 1.80 bits per heavy atom. The van der Waals surface area contributed by atoms with Crippen LogP contribution in [-0.4, -0.2) is 28.0 Å². The van der Waals surface area contributed by atoms with Crippen molar-refractivity contribution < 1.29 is 9.53 Å². The molecule has 6 nitrogen and oxygen atoms in total. The van der Waals surface area contributed by atoms with Crippen LogP contribution in [0.3, 0.4) is 0 Å². The summed E-state index contributed by atoms with van der Waals surface area (Å²) in [6, 6.07) is 13.3. The van der Waals surface area contributed by atoms with Crippen molar-refractivity contribution in [2.45, 2.75) is 20.8 Å². The lowest BCUT2D eigenvalue weighted by Crippen LogP contribution is -2.14. The van der Waals surface area contributed by atoms with Crippen molar-refractivity contribution in [3.8, 4) is 11.4 Å². The minimum atomic E-state index is -0.281. The topological polar surface area (TPSA) is 69.0 Å². The quantitative estimate of drug-likeness (QED) is 0.792. The van der Waals surface area contributed by atoms with Crippen LogP contribution in [0.4, 0.5) is 5.69 Å². The molecule has 0 bridgehead atoms. The van der Waals surface area contributed by atoms with E-state index in [2.05, 4.69) is 21.7 Å². The van der Waals surface area contributed by atoms with Gasteiger partial charge in [-0.25, -0.2) is 4.68 Å². The predicted molar refractivity (Wildman–Crippen MR) is 96.5 cm³/mol. The van der Waals surface area contributed by atoms with E-state index < -0.39 is 0 Å². The van der Waals surface area contributed by atoms with Crippen LogP contribution in [0.15, 0.2) is 42.5 Å². The first-order chi connectivity index (χ1) is 12.0. The Bertz CT molecular complexity index is 911. The van der Waals surface area contributed by atoms with E-state index >= 15 is 0 Å². The first-order valence-corrected chi connectivity index (χ1v) is 7.94. The van der Waals surface area contributed by atoms with Crippen molar-refractivity contribution in [3.05, 3.63) is 65.0 Å². The van der Waals surface area contributed by atoms with Gasteiger partial charge < -0.3 is 10.1 Å². The molecule has 0 fully saturated rings. The molecule has 0 aliphatic heterocycles. The number of ether oxygens (including phenoxy) is 1. The first-order valence-electron chi connectivity index (χ1n) is 7.94. The second kappa shape index (κ2) is 6.76. The van der Waals surface area contributed by atoms with Gasteiger partial charge in [0.2, 0.25) is 0 Å². The zero-order chi connectivity index (χ0) is 18.0. The number of anilines is 1. The van der Waals surface area contributed by atoms with Crippen molar-refractivity contribution in [2.24, 2.45) is 0 Å². The molecule has 0 radical (unpaired) electrons. The van der Waals surface area contributed by atoms with E-state index in [0.29, 0.717) is 17.1 Å². The van der Waals surface area contributed by atoms with Crippen LogP contribution in [0, 0.1) is 20.8 Å². The highest BCUT2D eigenvalue weighted by Gasteiger charge is 2.18. The van der Waals surface area contributed by atoms with Gasteiger partial charge in [0.15, 0.2) is 5.69 Å². The first kappa shape index (κ1) is 16.7. The molecule has 0 saturated heterocycles. The van der Waals surface area contributed by atoms with Gasteiger partial charge >= 0.3 is 0 Å². The van der Waals surface area contributed by atoms with Crippen molar-refractivity contribution in [1.29, 1.82) is 0 Å². The molecule has 0 aliphatic rings. The molecule has 6 heteroatoms. The number of nitrogens with zero attached hydrogens (tertiary/aromatic N) is 3. The SMILES string of the molecule is COc1cccc(-n2nnc(C(=O)Nc3cc(C)cc(C)c3)c2C)c1. The highest BCUT2D eigenvalue weighted by molar-refractivity contribution is 6.03. The van der Waals surface area contributed by atoms with Crippen LogP contribution in [0.2, 0.25) is 0 Å². The highest BCUT2D eigenvalue weighted by Crippen LogP contribution is 2.19. The second-order valence-electron chi connectivity index (χ2n) is 5.97. The lowest BCUT2D eigenvalue weighted by atomic mass is 10.1. The minimum absolute atomic E-state index is 0.281. The molecule has 0 atom stereocenters. The Labute approximate surface area is 146 Å². The van der Waals surface area contributed by atoms with Crippen LogP contribution in [0.1, 0.15) is 27.3 Å². The minimum Gasteiger partial charge on any atom is -0.497 e. The van der Waals surface area contributed by atoms with E-state index in [-0.39, 0.29) is 5.91 Å². The van der Waals surface area contributed by atoms with E-state index in [4.69, 9.17) is 4.74 Å². The Morgan fingerprint density at radius 3 is 2.48 bits per heavy atom. The van der Waals surface area contributed by atoms with Gasteiger partial charge in [-0.15, -0.1) is 5.10 Å². The number of carbonyl (C=O) groups is 1. The number of rotatable bonds is 4. The summed E-state index contributed by atoms with van der Waals surface area (Å²) in [6.45, 7) is 5.80. The molecule has 3 rings (SSSR count). The molecule has 128 valence electrons. The molecule has 1 amide bonds. The molecule has 25 heavy (non-hydrogen) atoms. The van der Waals surface area contributed by atoms with Crippen LogP contribution in [-0.2, 0) is 0 Å². The summed E-state index contributed by atoms with van der Waals surface area (Å²) < 4.78 is 6.85. The summed E-state index contributed by atoms with van der Waals surface area (Å²) in [4.78, 5) is 12.6. The Morgan fingerprint density at radius 1 is 1.08 bits per heavy atom. The third-order valence-electron chi connectivity index (χ3n) is 3.89. The molecule has 1 heterocycles. The van der Waals surface area contributed by atoms with Crippen molar-refractivity contribution in [2.75, 3.05) is 12.4 Å². The van der Waals surface area contributed by atoms with E-state index in [1.54, 1.807) is 11.8 Å². The van der Waals surface area contributed by atoms with Crippen molar-refractivity contribution >= 4 is 11.6 Å². The number of aryl methyl sites for hydroxylation is 2. The Balaban J connectivity index is 1.88. The fraction of sp³-hybridized carbons (Fsp3) is 0.211. The third kappa shape index (κ3) is 3.52. The lowest BCUT2D eigenvalue weighted by molar-refractivity contribution is 0.102. The predicted octanol–water partition coefficient (Wildman–Crippen LogP) is 3.45. The number of amides is 1. The summed E-state index contributed by atoms with van der Waals surface area (Å²) in [6.07, 6.45) is 0. The maximum Gasteiger partial charge on any atom is 0.278 e. The fourth-order valence-corrected chi connectivity index (χ4v) is 2.76. The standard InChI is InChI=1S/C19H20N4O2/c1-12-8-13(2)10-15(9-12)20-19(24)18-14(3)23(22-21-18)16-6-5-7-17(11-16)25-4/h5-11H,1-4H3,(H,20,24). The van der Waals surface area contributed by atoms with Gasteiger partial charge in [0.25, 0.3) is 5.91 Å². The Hall–Kier alpha value is -3.15. The van der Waals surface area contributed by atoms with Crippen LogP contribution < -0.4 is 10.1 Å². The highest BCUT2D eigenvalue weighted by atomic mass is 16.5. The maximum atomic E-state index is 12.6. The van der Waals surface area contributed by atoms with Gasteiger partial charge in [-0.3, -0.25) is 4.79 Å². The van der Waals surface area contributed by atoms with E-state index in [1.807, 2.05) is 57.2 Å². The largest absolute Gasteiger partial charge is 0.497 e. The number of benzene rings is 2. The van der Waals surface area contributed by atoms with Crippen molar-refractivity contribution in [1.82, 2.24) is 15.0 Å². The van der Waals surface area contributed by atoms with Crippen LogP contribution >= 0.6 is 0 Å². The van der Waals surface area contributed by atoms with Crippen LogP contribution in [0.5, 0.6) is 5.75 Å². The van der Waals surface area contributed by atoms with E-state index in [0.717, 1.165) is 22.5 Å². The Kier molecular flexibility index (Phi) is 4.52. The summed E-state index contributed by atoms with van der Waals surface area (Å²) >= 11 is 0. The lowest BCUT2D eigenvalue weighted by Gasteiger charge is -2.07. The van der Waals surface area contributed by atoms with Gasteiger partial charge in [0.05, 0.1) is 18.5 Å². The number of hydrogen-bond donors (Lipinski definition) is 1. The molecule has 2 aromatic carbocycles. The average Bonchev–Trinajstić information content (AvgIpc) is 2.95. The van der Waals surface area contributed by atoms with Crippen LogP contribution in [0.25, 0.3) is 5.69 Å². The van der Waals surface area contributed by atoms with E-state index in [1.165, 1.54) is 0 Å². The number of nitrogens with one attached hydrogen (secondary N) is 1. The molecule has 0 saturated carbocycles. The third-order valence-corrected chi connectivity index (χ3v) is 3.89. The number of hydrogen-bond acceptors (Lipinski definition) is 4. The molecule has 0 aliphatic carbocycles. The average molecular weight is 336 g/mol. The normalized spacial score (nSPS) is 10.6. The number of carbonyl (C=O) groups excluding carboxylic acids is 1. The van der Waals surface area contributed by atoms with Gasteiger partial charge in [-0.2, -0.15) is 0 Å². The zero-order valence-electron chi connectivity index (χ0n) is 14.7. The summed E-state index contributed by atoms with van der Waals surface area (Å²) in [7, 11) is 1.61. The molecule has 3 aromatic rings. The van der Waals surface area contributed by atoms with Gasteiger partial charge in [0.1, 0.15) is 5.75 Å². The molecular weight excluding hydrogens is 316 g/mol. The van der Waals surface area contributed by atoms with Gasteiger partial charge in [-0.1, -0.05) is 17.3 Å². The number of methoxy groups -OCH3 is 1. The van der Waals surface area contributed by atoms with Crippen molar-refractivity contribution in [3.63, 3.8) is 0 Å². The zero-order valence-corrected chi connectivity index (χ0v) is 14.7. The monoisotopic (exact) mass is 336 g/mol. The summed E-state index contributed by atoms with van der Waals surface area (Å²) in [5.41, 5.74) is 4.67. The fourth-order valence-electron chi connectivity index (χ4n) is 2.76. The van der Waals surface area contributed by atoms with Gasteiger partial charge in [-0.05, 0) is 56.2 Å². The molecule has 1 N–H and O–H groups in total. The van der Waals surface area contributed by atoms with Gasteiger partial charge in [0, 0.05) is 11.8 Å². The smallest absolute Gasteiger partial charge is 0.278 e. The summed E-state index contributed by atoms with van der Waals surface area (Å²) in [5, 5.41) is 11.0. The second-order valence-corrected chi connectivity index (χ2v) is 5.97. The molecular formula is C19H20N4O2. The summed E-state index contributed by atoms with van der Waals surface area (Å²) in [5.74, 6) is 0.435. The molecule has 0 spiro atoms. The van der Waals surface area contributed by atoms with E-state index in [9.17, 15) is 4.79 Å². The number of aromatic nitrogens is 3. The maximum absolute atomic E-state index is 12.6. The molecule has 1 aromatic heterocycles.